The van der Waals surface area contributed by atoms with E-state index in [0.717, 1.165) is 19.1 Å². The van der Waals surface area contributed by atoms with E-state index in [-0.39, 0.29) is 18.7 Å². The van der Waals surface area contributed by atoms with Gasteiger partial charge in [0, 0.05) is 24.2 Å². The van der Waals surface area contributed by atoms with E-state index in [1.54, 1.807) is 20.8 Å². The van der Waals surface area contributed by atoms with Gasteiger partial charge in [-0.1, -0.05) is 25.2 Å². The number of hydrogen-bond donors (Lipinski definition) is 2. The van der Waals surface area contributed by atoms with Crippen LogP contribution in [0.15, 0.2) is 64.9 Å². The molecule has 0 aliphatic carbocycles. The van der Waals surface area contributed by atoms with Crippen molar-refractivity contribution in [1.82, 2.24) is 14.9 Å². The Kier molecular flexibility index (Phi) is 10.2. The van der Waals surface area contributed by atoms with Gasteiger partial charge in [-0.05, 0) is 51.3 Å². The molecule has 1 amide bonds. The summed E-state index contributed by atoms with van der Waals surface area (Å²) < 4.78 is 72.0. The average molecular weight is 527 g/mol. The summed E-state index contributed by atoms with van der Waals surface area (Å²) in [5, 5.41) is 8.69. The molecule has 1 unspecified atom stereocenters. The number of aromatic amines is 1. The number of aromatic nitrogens is 2. The van der Waals surface area contributed by atoms with Gasteiger partial charge in [-0.2, -0.15) is 13.2 Å². The van der Waals surface area contributed by atoms with Crippen LogP contribution in [0.5, 0.6) is 0 Å². The summed E-state index contributed by atoms with van der Waals surface area (Å²) in [6.07, 6.45) is 0.203. The Balaban J connectivity index is 2.48. The van der Waals surface area contributed by atoms with Crippen LogP contribution in [0.3, 0.4) is 0 Å². The topological polar surface area (TPSA) is 82.1 Å². The summed E-state index contributed by atoms with van der Waals surface area (Å²) in [6.45, 7) is 7.65. The SMILES string of the molecule is CC\C=C(/C=C\C(C)=C\C(=N)C1c2nc[nH]c2CCN1C(=O)/C(OC=C(C)C)=C(/C)C(F)F)C(F)(F)F. The van der Waals surface area contributed by atoms with Gasteiger partial charge in [0.2, 0.25) is 0 Å². The highest BCUT2D eigenvalue weighted by Gasteiger charge is 2.38. The Bertz CT molecular complexity index is 1150. The monoisotopic (exact) mass is 526 g/mol. The number of carbonyl (C=O) groups excluding carboxylic acids is 1. The van der Waals surface area contributed by atoms with Gasteiger partial charge in [0.25, 0.3) is 12.3 Å². The summed E-state index contributed by atoms with van der Waals surface area (Å²) in [6, 6.07) is -1.06. The fourth-order valence-corrected chi connectivity index (χ4v) is 3.62. The van der Waals surface area contributed by atoms with E-state index in [0.29, 0.717) is 29.0 Å². The van der Waals surface area contributed by atoms with Crippen molar-refractivity contribution in [3.8, 4) is 0 Å². The lowest BCUT2D eigenvalue weighted by Crippen LogP contribution is -2.44. The molecule has 37 heavy (non-hydrogen) atoms. The van der Waals surface area contributed by atoms with Crippen molar-refractivity contribution in [2.45, 2.75) is 66.1 Å². The van der Waals surface area contributed by atoms with Crippen LogP contribution in [-0.2, 0) is 16.0 Å². The molecule has 1 aliphatic heterocycles. The third-order valence-corrected chi connectivity index (χ3v) is 5.43. The summed E-state index contributed by atoms with van der Waals surface area (Å²) in [4.78, 5) is 21.9. The zero-order valence-corrected chi connectivity index (χ0v) is 21.3. The van der Waals surface area contributed by atoms with Crippen molar-refractivity contribution < 1.29 is 31.5 Å². The minimum absolute atomic E-state index is 0.0828. The molecule has 6 nitrogen and oxygen atoms in total. The number of nitrogens with one attached hydrogen (secondary N) is 2. The first kappa shape index (κ1) is 29.7. The second kappa shape index (κ2) is 12.6. The van der Waals surface area contributed by atoms with Crippen molar-refractivity contribution in [1.29, 1.82) is 5.41 Å². The molecule has 0 spiro atoms. The number of allylic oxidation sites excluding steroid dienone is 7. The molecule has 1 atom stereocenters. The van der Waals surface area contributed by atoms with Crippen LogP contribution < -0.4 is 0 Å². The standard InChI is InChI=1S/C26H31F5N4O2/c1-6-7-18(26(29,30)31)9-8-16(4)12-19(32)22-21-20(33-14-34-21)10-11-35(22)25(36)23(17(5)24(27)28)37-13-15(2)3/h7-9,12-14,22,24,32H,6,10-11H2,1-5H3,(H,33,34)/b9-8-,16-12+,18-7+,23-17+,32-19?. The van der Waals surface area contributed by atoms with Gasteiger partial charge in [0.05, 0.1) is 29.6 Å². The number of imidazole rings is 1. The van der Waals surface area contributed by atoms with Gasteiger partial charge < -0.3 is 20.0 Å². The Morgan fingerprint density at radius 2 is 1.95 bits per heavy atom. The quantitative estimate of drug-likeness (QED) is 0.123. The molecule has 1 aromatic heterocycles. The van der Waals surface area contributed by atoms with Gasteiger partial charge in [0.15, 0.2) is 5.76 Å². The normalized spacial score (nSPS) is 17.6. The van der Waals surface area contributed by atoms with E-state index in [2.05, 4.69) is 9.97 Å². The van der Waals surface area contributed by atoms with Crippen molar-refractivity contribution in [3.05, 3.63) is 76.3 Å². The van der Waals surface area contributed by atoms with Crippen LogP contribution in [0, 0.1) is 5.41 Å². The average Bonchev–Trinajstić information content (AvgIpc) is 3.28. The zero-order valence-electron chi connectivity index (χ0n) is 21.3. The largest absolute Gasteiger partial charge is 0.459 e. The molecule has 11 heteroatoms. The first-order valence-corrected chi connectivity index (χ1v) is 11.6. The predicted molar refractivity (Wildman–Crippen MR) is 131 cm³/mol. The van der Waals surface area contributed by atoms with Gasteiger partial charge in [-0.15, -0.1) is 0 Å². The lowest BCUT2D eigenvalue weighted by Gasteiger charge is -2.35. The van der Waals surface area contributed by atoms with Crippen LogP contribution in [0.25, 0.3) is 0 Å². The third-order valence-electron chi connectivity index (χ3n) is 5.43. The maximum atomic E-state index is 13.5. The molecular weight excluding hydrogens is 495 g/mol. The number of H-pyrrole nitrogens is 1. The number of alkyl halides is 5. The molecular formula is C26H31F5N4O2. The number of amides is 1. The summed E-state index contributed by atoms with van der Waals surface area (Å²) in [5.74, 6) is -1.39. The minimum atomic E-state index is -4.52. The highest BCUT2D eigenvalue weighted by Crippen LogP contribution is 2.32. The molecule has 0 radical (unpaired) electrons. The lowest BCUT2D eigenvalue weighted by atomic mass is 9.96. The number of hydrogen-bond acceptors (Lipinski definition) is 4. The molecule has 0 saturated heterocycles. The molecule has 202 valence electrons. The number of ether oxygens (including phenoxy) is 1. The lowest BCUT2D eigenvalue weighted by molar-refractivity contribution is -0.131. The first-order valence-electron chi connectivity index (χ1n) is 11.6. The number of halogens is 5. The number of nitrogens with zero attached hydrogens (tertiary/aromatic N) is 2. The second-order valence-electron chi connectivity index (χ2n) is 8.79. The minimum Gasteiger partial charge on any atom is -0.459 e. The van der Waals surface area contributed by atoms with Gasteiger partial charge in [-0.25, -0.2) is 13.8 Å². The summed E-state index contributed by atoms with van der Waals surface area (Å²) in [5.41, 5.74) is 0.484. The molecule has 0 bridgehead atoms. The molecule has 2 heterocycles. The van der Waals surface area contributed by atoms with E-state index in [1.165, 1.54) is 36.6 Å². The maximum absolute atomic E-state index is 13.5. The predicted octanol–water partition coefficient (Wildman–Crippen LogP) is 6.74. The van der Waals surface area contributed by atoms with Crippen molar-refractivity contribution >= 4 is 11.6 Å². The third kappa shape index (κ3) is 7.74. The fraction of sp³-hybridized carbons (Fsp3) is 0.423. The van der Waals surface area contributed by atoms with Crippen LogP contribution in [-0.4, -0.2) is 45.6 Å². The van der Waals surface area contributed by atoms with Gasteiger partial charge in [0.1, 0.15) is 6.04 Å². The van der Waals surface area contributed by atoms with E-state index in [9.17, 15) is 26.7 Å². The Labute approximate surface area is 212 Å². The van der Waals surface area contributed by atoms with Crippen molar-refractivity contribution in [2.24, 2.45) is 0 Å². The summed E-state index contributed by atoms with van der Waals surface area (Å²) >= 11 is 0. The molecule has 1 aromatic rings. The van der Waals surface area contributed by atoms with Gasteiger partial charge in [-0.3, -0.25) is 4.79 Å². The highest BCUT2D eigenvalue weighted by molar-refractivity contribution is 6.03. The van der Waals surface area contributed by atoms with Crippen molar-refractivity contribution in [3.63, 3.8) is 0 Å². The maximum Gasteiger partial charge on any atom is 0.416 e. The number of rotatable bonds is 9. The molecule has 0 saturated carbocycles. The molecule has 2 rings (SSSR count). The Morgan fingerprint density at radius 3 is 2.51 bits per heavy atom. The van der Waals surface area contributed by atoms with Crippen LogP contribution in [0.1, 0.15) is 58.5 Å². The van der Waals surface area contributed by atoms with Crippen LogP contribution >= 0.6 is 0 Å². The smallest absolute Gasteiger partial charge is 0.416 e. The molecule has 1 aliphatic rings. The number of carbonyl (C=O) groups is 1. The van der Waals surface area contributed by atoms with Gasteiger partial charge >= 0.3 is 6.18 Å². The van der Waals surface area contributed by atoms with E-state index < -0.39 is 41.5 Å². The summed E-state index contributed by atoms with van der Waals surface area (Å²) in [7, 11) is 0. The fourth-order valence-electron chi connectivity index (χ4n) is 3.62. The van der Waals surface area contributed by atoms with Crippen molar-refractivity contribution in [2.75, 3.05) is 6.54 Å². The first-order chi connectivity index (χ1) is 17.3. The number of fused-ring (bicyclic) bond motifs is 1. The van der Waals surface area contributed by atoms with E-state index >= 15 is 0 Å². The molecule has 0 fully saturated rings. The van der Waals surface area contributed by atoms with E-state index in [1.807, 2.05) is 0 Å². The molecule has 2 N–H and O–H groups in total. The molecule has 0 aromatic carbocycles. The van der Waals surface area contributed by atoms with Crippen LogP contribution in [0.4, 0.5) is 22.0 Å². The Hall–Kier alpha value is -3.50. The second-order valence-corrected chi connectivity index (χ2v) is 8.79. The van der Waals surface area contributed by atoms with E-state index in [4.69, 9.17) is 10.1 Å². The van der Waals surface area contributed by atoms with Crippen LogP contribution in [0.2, 0.25) is 0 Å². The zero-order chi connectivity index (χ0) is 27.9. The Morgan fingerprint density at radius 1 is 1.27 bits per heavy atom. The highest BCUT2D eigenvalue weighted by atomic mass is 19.4.